The van der Waals surface area contributed by atoms with Crippen LogP contribution in [0.2, 0.25) is 0 Å². The summed E-state index contributed by atoms with van der Waals surface area (Å²) in [4.78, 5) is 4.17. The van der Waals surface area contributed by atoms with E-state index in [2.05, 4.69) is 29.5 Å². The monoisotopic (exact) mass is 213 g/mol. The minimum Gasteiger partial charge on any atom is -0.381 e. The third kappa shape index (κ3) is 5.02. The lowest BCUT2D eigenvalue weighted by atomic mass is 10.1. The Balaban J connectivity index is 2.16. The zero-order valence-electron chi connectivity index (χ0n) is 10.0. The zero-order chi connectivity index (χ0) is 11.1. The SMILES string of the molecule is CN=C(NCC(C)C)NCC1CCOC1. The lowest BCUT2D eigenvalue weighted by Crippen LogP contribution is -2.41. The molecule has 1 aliphatic rings. The van der Waals surface area contributed by atoms with Gasteiger partial charge in [-0.15, -0.1) is 0 Å². The third-order valence-electron chi connectivity index (χ3n) is 2.48. The Bertz CT molecular complexity index is 198. The molecule has 1 saturated heterocycles. The first-order chi connectivity index (χ1) is 7.22. The fraction of sp³-hybridized carbons (Fsp3) is 0.909. The summed E-state index contributed by atoms with van der Waals surface area (Å²) in [5, 5.41) is 6.62. The lowest BCUT2D eigenvalue weighted by Gasteiger charge is -2.15. The minimum atomic E-state index is 0.637. The predicted octanol–water partition coefficient (Wildman–Crippen LogP) is 0.844. The van der Waals surface area contributed by atoms with Crippen molar-refractivity contribution in [2.75, 3.05) is 33.4 Å². The molecule has 0 saturated carbocycles. The van der Waals surface area contributed by atoms with E-state index in [1.807, 2.05) is 0 Å². The topological polar surface area (TPSA) is 45.7 Å². The van der Waals surface area contributed by atoms with Crippen LogP contribution < -0.4 is 10.6 Å². The van der Waals surface area contributed by atoms with E-state index in [-0.39, 0.29) is 0 Å². The molecule has 0 aromatic rings. The summed E-state index contributed by atoms with van der Waals surface area (Å²) in [7, 11) is 1.81. The van der Waals surface area contributed by atoms with Crippen LogP contribution in [-0.2, 0) is 4.74 Å². The molecular formula is C11H23N3O. The normalized spacial score (nSPS) is 22.1. The summed E-state index contributed by atoms with van der Waals surface area (Å²) in [5.74, 6) is 2.18. The standard InChI is InChI=1S/C11H23N3O/c1-9(2)6-13-11(12-3)14-7-10-4-5-15-8-10/h9-10H,4-8H2,1-3H3,(H2,12,13,14). The third-order valence-corrected chi connectivity index (χ3v) is 2.48. The van der Waals surface area contributed by atoms with E-state index < -0.39 is 0 Å². The number of rotatable bonds is 4. The van der Waals surface area contributed by atoms with E-state index in [4.69, 9.17) is 4.74 Å². The molecule has 0 spiro atoms. The van der Waals surface area contributed by atoms with Gasteiger partial charge in [0.15, 0.2) is 5.96 Å². The van der Waals surface area contributed by atoms with Crippen LogP contribution in [0, 0.1) is 11.8 Å². The van der Waals surface area contributed by atoms with E-state index in [0.29, 0.717) is 11.8 Å². The van der Waals surface area contributed by atoms with Gasteiger partial charge in [0.1, 0.15) is 0 Å². The molecule has 1 aliphatic heterocycles. The number of nitrogens with zero attached hydrogens (tertiary/aromatic N) is 1. The zero-order valence-corrected chi connectivity index (χ0v) is 10.0. The maximum Gasteiger partial charge on any atom is 0.190 e. The summed E-state index contributed by atoms with van der Waals surface area (Å²) in [5.41, 5.74) is 0. The number of nitrogens with one attached hydrogen (secondary N) is 2. The summed E-state index contributed by atoms with van der Waals surface area (Å²) in [6.07, 6.45) is 1.16. The van der Waals surface area contributed by atoms with Gasteiger partial charge in [0.25, 0.3) is 0 Å². The van der Waals surface area contributed by atoms with Crippen LogP contribution >= 0.6 is 0 Å². The molecule has 1 unspecified atom stereocenters. The highest BCUT2D eigenvalue weighted by molar-refractivity contribution is 5.79. The van der Waals surface area contributed by atoms with Gasteiger partial charge in [0, 0.05) is 32.7 Å². The maximum atomic E-state index is 5.32. The molecule has 0 radical (unpaired) electrons. The number of ether oxygens (including phenoxy) is 1. The molecule has 0 amide bonds. The second kappa shape index (κ2) is 6.67. The molecule has 1 rings (SSSR count). The highest BCUT2D eigenvalue weighted by atomic mass is 16.5. The molecular weight excluding hydrogens is 190 g/mol. The van der Waals surface area contributed by atoms with Crippen molar-refractivity contribution in [3.05, 3.63) is 0 Å². The van der Waals surface area contributed by atoms with Crippen LogP contribution in [-0.4, -0.2) is 39.3 Å². The van der Waals surface area contributed by atoms with Crippen LogP contribution in [0.15, 0.2) is 4.99 Å². The highest BCUT2D eigenvalue weighted by Gasteiger charge is 2.15. The molecule has 1 atom stereocenters. The first kappa shape index (κ1) is 12.3. The Morgan fingerprint density at radius 1 is 1.47 bits per heavy atom. The van der Waals surface area contributed by atoms with Crippen molar-refractivity contribution in [2.24, 2.45) is 16.8 Å². The van der Waals surface area contributed by atoms with Gasteiger partial charge in [-0.3, -0.25) is 4.99 Å². The van der Waals surface area contributed by atoms with Crippen LogP contribution in [0.25, 0.3) is 0 Å². The number of aliphatic imine (C=N–C) groups is 1. The molecule has 0 bridgehead atoms. The van der Waals surface area contributed by atoms with Gasteiger partial charge in [-0.1, -0.05) is 13.8 Å². The van der Waals surface area contributed by atoms with Crippen molar-refractivity contribution in [1.82, 2.24) is 10.6 Å². The first-order valence-corrected chi connectivity index (χ1v) is 5.74. The van der Waals surface area contributed by atoms with E-state index in [1.165, 1.54) is 0 Å². The average Bonchev–Trinajstić information content (AvgIpc) is 2.70. The smallest absolute Gasteiger partial charge is 0.190 e. The highest BCUT2D eigenvalue weighted by Crippen LogP contribution is 2.10. The second-order valence-electron chi connectivity index (χ2n) is 4.46. The van der Waals surface area contributed by atoms with Crippen LogP contribution in [0.1, 0.15) is 20.3 Å². The van der Waals surface area contributed by atoms with Gasteiger partial charge < -0.3 is 15.4 Å². The average molecular weight is 213 g/mol. The molecule has 88 valence electrons. The van der Waals surface area contributed by atoms with Gasteiger partial charge in [-0.2, -0.15) is 0 Å². The van der Waals surface area contributed by atoms with E-state index in [1.54, 1.807) is 7.05 Å². The van der Waals surface area contributed by atoms with E-state index >= 15 is 0 Å². The van der Waals surface area contributed by atoms with Crippen molar-refractivity contribution in [3.8, 4) is 0 Å². The predicted molar refractivity (Wildman–Crippen MR) is 63.1 cm³/mol. The number of hydrogen-bond acceptors (Lipinski definition) is 2. The largest absolute Gasteiger partial charge is 0.381 e. The molecule has 0 aliphatic carbocycles. The number of hydrogen-bond donors (Lipinski definition) is 2. The minimum absolute atomic E-state index is 0.637. The molecule has 0 aromatic carbocycles. The molecule has 4 nitrogen and oxygen atoms in total. The van der Waals surface area contributed by atoms with Crippen molar-refractivity contribution < 1.29 is 4.74 Å². The van der Waals surface area contributed by atoms with Crippen molar-refractivity contribution in [2.45, 2.75) is 20.3 Å². The van der Waals surface area contributed by atoms with E-state index in [0.717, 1.165) is 38.7 Å². The quantitative estimate of drug-likeness (QED) is 0.537. The van der Waals surface area contributed by atoms with Gasteiger partial charge in [0.05, 0.1) is 6.61 Å². The van der Waals surface area contributed by atoms with Gasteiger partial charge in [-0.05, 0) is 12.3 Å². The first-order valence-electron chi connectivity index (χ1n) is 5.74. The van der Waals surface area contributed by atoms with Crippen LogP contribution in [0.5, 0.6) is 0 Å². The summed E-state index contributed by atoms with van der Waals surface area (Å²) >= 11 is 0. The Kier molecular flexibility index (Phi) is 5.47. The summed E-state index contributed by atoms with van der Waals surface area (Å²) in [6, 6.07) is 0. The molecule has 0 aromatic heterocycles. The second-order valence-corrected chi connectivity index (χ2v) is 4.46. The Morgan fingerprint density at radius 2 is 2.27 bits per heavy atom. The molecule has 1 heterocycles. The van der Waals surface area contributed by atoms with Crippen molar-refractivity contribution in [1.29, 1.82) is 0 Å². The summed E-state index contributed by atoms with van der Waals surface area (Å²) < 4.78 is 5.32. The van der Waals surface area contributed by atoms with Crippen LogP contribution in [0.4, 0.5) is 0 Å². The molecule has 1 fully saturated rings. The van der Waals surface area contributed by atoms with Gasteiger partial charge in [-0.25, -0.2) is 0 Å². The Hall–Kier alpha value is -0.770. The molecule has 15 heavy (non-hydrogen) atoms. The maximum absolute atomic E-state index is 5.32. The van der Waals surface area contributed by atoms with Crippen molar-refractivity contribution >= 4 is 5.96 Å². The molecule has 4 heteroatoms. The van der Waals surface area contributed by atoms with Gasteiger partial charge in [0.2, 0.25) is 0 Å². The van der Waals surface area contributed by atoms with E-state index in [9.17, 15) is 0 Å². The Labute approximate surface area is 92.5 Å². The summed E-state index contributed by atoms with van der Waals surface area (Å²) in [6.45, 7) is 8.08. The molecule has 2 N–H and O–H groups in total. The van der Waals surface area contributed by atoms with Crippen molar-refractivity contribution in [3.63, 3.8) is 0 Å². The van der Waals surface area contributed by atoms with Gasteiger partial charge >= 0.3 is 0 Å². The fourth-order valence-electron chi connectivity index (χ4n) is 1.51. The lowest BCUT2D eigenvalue weighted by molar-refractivity contribution is 0.186. The Morgan fingerprint density at radius 3 is 2.80 bits per heavy atom. The fourth-order valence-corrected chi connectivity index (χ4v) is 1.51. The van der Waals surface area contributed by atoms with Crippen LogP contribution in [0.3, 0.4) is 0 Å². The number of guanidine groups is 1.